The molecule has 0 unspecified atom stereocenters. The summed E-state index contributed by atoms with van der Waals surface area (Å²) in [5.41, 5.74) is 9.18. The fourth-order valence-electron chi connectivity index (χ4n) is 3.73. The molecule has 0 fully saturated rings. The molecule has 0 amide bonds. The van der Waals surface area contributed by atoms with E-state index in [0.717, 1.165) is 27.8 Å². The first kappa shape index (κ1) is 21.0. The summed E-state index contributed by atoms with van der Waals surface area (Å²) in [6, 6.07) is 16.7. The number of aliphatic hydroxyl groups is 2. The zero-order valence-corrected chi connectivity index (χ0v) is 18.2. The molecule has 4 heterocycles. The lowest BCUT2D eigenvalue weighted by Crippen LogP contribution is -2.33. The minimum absolute atomic E-state index is 0.161. The molecule has 33 heavy (non-hydrogen) atoms. The molecule has 4 N–H and O–H groups in total. The number of nitrogens with two attached hydrogens (primary N) is 1. The number of hydrogen-bond acceptors (Lipinski definition) is 7. The first-order valence-electron chi connectivity index (χ1n) is 10.4. The maximum absolute atomic E-state index is 10.2. The van der Waals surface area contributed by atoms with Gasteiger partial charge in [0.25, 0.3) is 0 Å². The summed E-state index contributed by atoms with van der Waals surface area (Å²) >= 11 is 0. The van der Waals surface area contributed by atoms with Gasteiger partial charge in [0, 0.05) is 17.1 Å². The van der Waals surface area contributed by atoms with Gasteiger partial charge in [0.15, 0.2) is 11.5 Å². The third-order valence-corrected chi connectivity index (χ3v) is 5.37. The lowest BCUT2D eigenvalue weighted by Gasteiger charge is -2.17. The van der Waals surface area contributed by atoms with Gasteiger partial charge in [0.05, 0.1) is 46.8 Å². The van der Waals surface area contributed by atoms with Gasteiger partial charge in [-0.3, -0.25) is 5.73 Å². The van der Waals surface area contributed by atoms with E-state index in [1.54, 1.807) is 27.7 Å². The molecule has 5 aromatic rings. The molecule has 0 saturated carbocycles. The van der Waals surface area contributed by atoms with E-state index in [-0.39, 0.29) is 6.61 Å². The van der Waals surface area contributed by atoms with Crippen LogP contribution in [0.3, 0.4) is 0 Å². The van der Waals surface area contributed by atoms with Crippen LogP contribution in [0.2, 0.25) is 0 Å². The summed E-state index contributed by atoms with van der Waals surface area (Å²) in [6.45, 7) is 3.26. The number of aromatic nitrogens is 6. The van der Waals surface area contributed by atoms with Crippen LogP contribution in [-0.2, 0) is 12.3 Å². The Hall–Kier alpha value is -3.92. The molecule has 1 aromatic carbocycles. The van der Waals surface area contributed by atoms with Crippen molar-refractivity contribution in [3.8, 4) is 22.8 Å². The van der Waals surface area contributed by atoms with Gasteiger partial charge in [-0.2, -0.15) is 10.2 Å². The van der Waals surface area contributed by atoms with Crippen LogP contribution in [0.25, 0.3) is 33.7 Å². The van der Waals surface area contributed by atoms with Crippen molar-refractivity contribution in [2.45, 2.75) is 26.2 Å². The zero-order chi connectivity index (χ0) is 23.2. The summed E-state index contributed by atoms with van der Waals surface area (Å²) in [6.07, 6.45) is 3.66. The van der Waals surface area contributed by atoms with Crippen LogP contribution in [0, 0.1) is 6.92 Å². The molecule has 0 saturated heterocycles. The quantitative estimate of drug-likeness (QED) is 0.358. The van der Waals surface area contributed by atoms with E-state index in [4.69, 9.17) is 5.73 Å². The van der Waals surface area contributed by atoms with E-state index in [1.165, 1.54) is 6.92 Å². The first-order valence-corrected chi connectivity index (χ1v) is 10.4. The number of pyridine rings is 2. The van der Waals surface area contributed by atoms with Crippen LogP contribution in [0.5, 0.6) is 0 Å². The summed E-state index contributed by atoms with van der Waals surface area (Å²) in [5.74, 6) is 0.586. The summed E-state index contributed by atoms with van der Waals surface area (Å²) in [4.78, 5) is 9.09. The van der Waals surface area contributed by atoms with Crippen LogP contribution in [0.4, 0.5) is 0 Å². The maximum Gasteiger partial charge on any atom is 0.154 e. The minimum atomic E-state index is -1.56. The van der Waals surface area contributed by atoms with Crippen molar-refractivity contribution >= 4 is 10.9 Å². The van der Waals surface area contributed by atoms with Crippen LogP contribution >= 0.6 is 0 Å². The highest BCUT2D eigenvalue weighted by atomic mass is 16.3. The molecular formula is C24H23N7O2. The Bertz CT molecular complexity index is 1460. The third kappa shape index (κ3) is 3.89. The number of benzene rings is 1. The average molecular weight is 441 g/mol. The first-order chi connectivity index (χ1) is 15.8. The van der Waals surface area contributed by atoms with Gasteiger partial charge in [-0.1, -0.05) is 12.1 Å². The topological polar surface area (TPSA) is 128 Å². The highest BCUT2D eigenvalue weighted by Crippen LogP contribution is 2.31. The fraction of sp³-hybridized carbons (Fsp3) is 0.167. The Kier molecular flexibility index (Phi) is 5.01. The Balaban J connectivity index is 1.77. The van der Waals surface area contributed by atoms with E-state index in [2.05, 4.69) is 20.2 Å². The van der Waals surface area contributed by atoms with Gasteiger partial charge >= 0.3 is 0 Å². The van der Waals surface area contributed by atoms with Crippen molar-refractivity contribution in [1.82, 2.24) is 29.5 Å². The molecule has 0 bridgehead atoms. The molecule has 4 aromatic heterocycles. The van der Waals surface area contributed by atoms with Crippen LogP contribution in [0.1, 0.15) is 24.0 Å². The molecule has 1 atom stereocenters. The average Bonchev–Trinajstić information content (AvgIpc) is 3.44. The number of hydrogen-bond donors (Lipinski definition) is 3. The van der Waals surface area contributed by atoms with E-state index in [0.29, 0.717) is 22.9 Å². The van der Waals surface area contributed by atoms with Gasteiger partial charge in [0.1, 0.15) is 0 Å². The van der Waals surface area contributed by atoms with Crippen molar-refractivity contribution in [2.24, 2.45) is 5.73 Å². The molecule has 0 aliphatic rings. The van der Waals surface area contributed by atoms with Crippen molar-refractivity contribution < 1.29 is 10.2 Å². The molecule has 0 aliphatic carbocycles. The monoisotopic (exact) mass is 441 g/mol. The molecular weight excluding hydrogens is 418 g/mol. The number of aryl methyl sites for hydroxylation is 1. The summed E-state index contributed by atoms with van der Waals surface area (Å²) < 4.78 is 3.52. The van der Waals surface area contributed by atoms with E-state index in [9.17, 15) is 10.2 Å². The number of fused-ring (bicyclic) bond motifs is 1. The van der Waals surface area contributed by atoms with Crippen LogP contribution in [0.15, 0.2) is 67.0 Å². The normalized spacial score (nSPS) is 13.4. The minimum Gasteiger partial charge on any atom is -0.390 e. The lowest BCUT2D eigenvalue weighted by molar-refractivity contribution is 0.0602. The van der Waals surface area contributed by atoms with Gasteiger partial charge in [-0.15, -0.1) is 0 Å². The largest absolute Gasteiger partial charge is 0.390 e. The molecule has 166 valence electrons. The Labute approximate surface area is 189 Å². The van der Waals surface area contributed by atoms with E-state index < -0.39 is 5.72 Å². The van der Waals surface area contributed by atoms with Crippen molar-refractivity contribution in [1.29, 1.82) is 0 Å². The lowest BCUT2D eigenvalue weighted by atomic mass is 10.1. The maximum atomic E-state index is 10.2. The highest BCUT2D eigenvalue weighted by molar-refractivity contribution is 5.92. The van der Waals surface area contributed by atoms with Crippen molar-refractivity contribution in [2.75, 3.05) is 0 Å². The fourth-order valence-corrected chi connectivity index (χ4v) is 3.73. The van der Waals surface area contributed by atoms with Gasteiger partial charge in [0.2, 0.25) is 0 Å². The third-order valence-electron chi connectivity index (χ3n) is 5.37. The van der Waals surface area contributed by atoms with Crippen LogP contribution in [-0.4, -0.2) is 39.7 Å². The molecule has 9 nitrogen and oxygen atoms in total. The predicted octanol–water partition coefficient (Wildman–Crippen LogP) is 2.59. The number of aliphatic hydroxyl groups excluding tert-OH is 1. The highest BCUT2D eigenvalue weighted by Gasteiger charge is 2.20. The van der Waals surface area contributed by atoms with E-state index in [1.807, 2.05) is 55.6 Å². The second kappa shape index (κ2) is 7.89. The number of nitrogens with zero attached hydrogens (tertiary/aromatic N) is 6. The van der Waals surface area contributed by atoms with Gasteiger partial charge in [-0.05, 0) is 56.3 Å². The molecule has 0 spiro atoms. The second-order valence-electron chi connectivity index (χ2n) is 8.09. The Morgan fingerprint density at radius 1 is 1.06 bits per heavy atom. The predicted molar refractivity (Wildman–Crippen MR) is 124 cm³/mol. The Morgan fingerprint density at radius 3 is 2.61 bits per heavy atom. The zero-order valence-electron chi connectivity index (χ0n) is 18.2. The molecule has 0 radical (unpaired) electrons. The van der Waals surface area contributed by atoms with Gasteiger partial charge < -0.3 is 10.2 Å². The summed E-state index contributed by atoms with van der Waals surface area (Å²) in [5, 5.41) is 29.8. The Morgan fingerprint density at radius 2 is 1.88 bits per heavy atom. The van der Waals surface area contributed by atoms with Crippen LogP contribution < -0.4 is 5.73 Å². The summed E-state index contributed by atoms with van der Waals surface area (Å²) in [7, 11) is 0. The number of rotatable bonds is 5. The molecule has 5 rings (SSSR count). The van der Waals surface area contributed by atoms with Crippen molar-refractivity contribution in [3.05, 3.63) is 84.1 Å². The van der Waals surface area contributed by atoms with Gasteiger partial charge in [-0.25, -0.2) is 19.3 Å². The smallest absolute Gasteiger partial charge is 0.154 e. The molecule has 9 heteroatoms. The van der Waals surface area contributed by atoms with E-state index >= 15 is 0 Å². The molecule has 0 aliphatic heterocycles. The van der Waals surface area contributed by atoms with Crippen molar-refractivity contribution in [3.63, 3.8) is 0 Å². The standard InChI is InChI=1S/C24H23N7O2/c1-15-9-10-30(29-15)20-11-16(19-6-4-7-22(28-19)24(2,25)33)12-21-18(20)13-26-31(21)23-8-3-5-17(14-32)27-23/h3-13,32-33H,14,25H2,1-2H3/t24-/m0/s1. The second-order valence-corrected chi connectivity index (χ2v) is 8.09. The SMILES string of the molecule is Cc1ccn(-c2cc(-c3cccc([C@@](C)(N)O)n3)cc3c2cnn3-c2cccc(CO)n2)n1.